The van der Waals surface area contributed by atoms with E-state index in [9.17, 15) is 4.79 Å². The van der Waals surface area contributed by atoms with Crippen LogP contribution < -0.4 is 4.74 Å². The Bertz CT molecular complexity index is 554. The minimum absolute atomic E-state index is 0.298. The summed E-state index contributed by atoms with van der Waals surface area (Å²) in [5.74, 6) is 1.21. The van der Waals surface area contributed by atoms with Gasteiger partial charge in [-0.25, -0.2) is 9.21 Å². The zero-order valence-electron chi connectivity index (χ0n) is 9.69. The lowest BCUT2D eigenvalue weighted by atomic mass is 9.96. The Morgan fingerprint density at radius 2 is 2.00 bits per heavy atom. The highest BCUT2D eigenvalue weighted by atomic mass is 35.5. The van der Waals surface area contributed by atoms with E-state index >= 15 is 0 Å². The van der Waals surface area contributed by atoms with Crippen molar-refractivity contribution in [2.45, 2.75) is 18.3 Å². The molecule has 0 spiro atoms. The number of rotatable bonds is 1. The van der Waals surface area contributed by atoms with Crippen LogP contribution >= 0.6 is 23.4 Å². The standard InChI is InChI=1S/C13H11Cl2NO2/c1-16(15)13(17)18-10-5-4-9(14)11-7-2-3-8(6-7)12(10)11/h2-5,7-8H,6H2,1H3. The predicted molar refractivity (Wildman–Crippen MR) is 70.3 cm³/mol. The quantitative estimate of drug-likeness (QED) is 0.574. The second kappa shape index (κ2) is 4.18. The van der Waals surface area contributed by atoms with Crippen molar-refractivity contribution in [3.63, 3.8) is 0 Å². The Morgan fingerprint density at radius 1 is 1.33 bits per heavy atom. The fraction of sp³-hybridized carbons (Fsp3) is 0.308. The van der Waals surface area contributed by atoms with E-state index in [0.29, 0.717) is 17.6 Å². The number of hydrogen-bond donors (Lipinski definition) is 0. The lowest BCUT2D eigenvalue weighted by molar-refractivity contribution is 0.185. The Morgan fingerprint density at radius 3 is 2.67 bits per heavy atom. The van der Waals surface area contributed by atoms with Gasteiger partial charge in [0.2, 0.25) is 0 Å². The van der Waals surface area contributed by atoms with Crippen molar-refractivity contribution in [1.82, 2.24) is 4.42 Å². The molecule has 1 amide bonds. The van der Waals surface area contributed by atoms with E-state index in [2.05, 4.69) is 12.2 Å². The van der Waals surface area contributed by atoms with E-state index in [1.54, 1.807) is 12.1 Å². The monoisotopic (exact) mass is 283 g/mol. The van der Waals surface area contributed by atoms with Gasteiger partial charge in [-0.2, -0.15) is 0 Å². The first-order chi connectivity index (χ1) is 8.58. The summed E-state index contributed by atoms with van der Waals surface area (Å²) in [7, 11) is 1.44. The SMILES string of the molecule is CN(Cl)C(=O)Oc1ccc(Cl)c2c1C1C=CC2C1. The Hall–Kier alpha value is -1.19. The third-order valence-electron chi connectivity index (χ3n) is 3.47. The van der Waals surface area contributed by atoms with Crippen molar-refractivity contribution < 1.29 is 9.53 Å². The molecule has 1 aromatic carbocycles. The minimum atomic E-state index is -0.590. The molecule has 0 saturated heterocycles. The molecule has 18 heavy (non-hydrogen) atoms. The molecule has 3 rings (SSSR count). The highest BCUT2D eigenvalue weighted by Crippen LogP contribution is 2.54. The number of nitrogens with zero attached hydrogens (tertiary/aromatic N) is 1. The summed E-state index contributed by atoms with van der Waals surface area (Å²) in [4.78, 5) is 11.5. The molecule has 0 radical (unpaired) electrons. The van der Waals surface area contributed by atoms with E-state index in [4.69, 9.17) is 28.1 Å². The summed E-state index contributed by atoms with van der Waals surface area (Å²) in [6, 6.07) is 3.50. The topological polar surface area (TPSA) is 29.5 Å². The molecule has 5 heteroatoms. The first-order valence-corrected chi connectivity index (χ1v) is 6.41. The Kier molecular flexibility index (Phi) is 2.76. The van der Waals surface area contributed by atoms with Crippen molar-refractivity contribution in [2.75, 3.05) is 7.05 Å². The van der Waals surface area contributed by atoms with E-state index in [1.165, 1.54) is 7.05 Å². The van der Waals surface area contributed by atoms with Gasteiger partial charge in [-0.15, -0.1) is 0 Å². The molecule has 0 aliphatic heterocycles. The van der Waals surface area contributed by atoms with Gasteiger partial charge in [-0.3, -0.25) is 0 Å². The van der Waals surface area contributed by atoms with Crippen LogP contribution in [0, 0.1) is 0 Å². The van der Waals surface area contributed by atoms with Crippen LogP contribution in [0.25, 0.3) is 0 Å². The number of benzene rings is 1. The van der Waals surface area contributed by atoms with Crippen molar-refractivity contribution >= 4 is 29.5 Å². The molecule has 0 heterocycles. The predicted octanol–water partition coefficient (Wildman–Crippen LogP) is 4.07. The fourth-order valence-electron chi connectivity index (χ4n) is 2.72. The van der Waals surface area contributed by atoms with Gasteiger partial charge in [0.05, 0.1) is 0 Å². The molecule has 2 unspecified atom stereocenters. The molecule has 2 aliphatic rings. The van der Waals surface area contributed by atoms with Crippen LogP contribution in [-0.4, -0.2) is 17.6 Å². The zero-order chi connectivity index (χ0) is 12.9. The van der Waals surface area contributed by atoms with Crippen LogP contribution in [0.2, 0.25) is 5.02 Å². The third-order valence-corrected chi connectivity index (χ3v) is 3.94. The normalized spacial score (nSPS) is 23.1. The van der Waals surface area contributed by atoms with E-state index in [0.717, 1.165) is 27.0 Å². The first kappa shape index (κ1) is 11.9. The Balaban J connectivity index is 2.02. The zero-order valence-corrected chi connectivity index (χ0v) is 11.2. The van der Waals surface area contributed by atoms with Crippen molar-refractivity contribution in [3.8, 4) is 5.75 Å². The van der Waals surface area contributed by atoms with E-state index < -0.39 is 6.09 Å². The molecule has 2 bridgehead atoms. The van der Waals surface area contributed by atoms with Crippen LogP contribution in [-0.2, 0) is 0 Å². The smallest absolute Gasteiger partial charge is 0.409 e. The molecule has 0 fully saturated rings. The van der Waals surface area contributed by atoms with E-state index in [1.807, 2.05) is 0 Å². The summed E-state index contributed by atoms with van der Waals surface area (Å²) >= 11 is 11.8. The second-order valence-electron chi connectivity index (χ2n) is 4.55. The molecule has 1 aromatic rings. The van der Waals surface area contributed by atoms with Crippen LogP contribution in [0.4, 0.5) is 4.79 Å². The second-order valence-corrected chi connectivity index (χ2v) is 5.47. The first-order valence-electron chi connectivity index (χ1n) is 5.70. The minimum Gasteiger partial charge on any atom is -0.409 e. The number of allylic oxidation sites excluding steroid dienone is 2. The summed E-state index contributed by atoms with van der Waals surface area (Å²) < 4.78 is 6.18. The van der Waals surface area contributed by atoms with Gasteiger partial charge in [-0.1, -0.05) is 23.8 Å². The summed E-state index contributed by atoms with van der Waals surface area (Å²) in [5.41, 5.74) is 2.12. The lowest BCUT2D eigenvalue weighted by Crippen LogP contribution is -2.21. The summed E-state index contributed by atoms with van der Waals surface area (Å²) in [6.45, 7) is 0. The van der Waals surface area contributed by atoms with Gasteiger partial charge in [0.25, 0.3) is 0 Å². The summed E-state index contributed by atoms with van der Waals surface area (Å²) in [6.07, 6.45) is 4.73. The van der Waals surface area contributed by atoms with E-state index in [-0.39, 0.29) is 0 Å². The number of amides is 1. The lowest BCUT2D eigenvalue weighted by Gasteiger charge is -2.17. The highest BCUT2D eigenvalue weighted by molar-refractivity contribution is 6.31. The van der Waals surface area contributed by atoms with Crippen LogP contribution in [0.15, 0.2) is 24.3 Å². The molecule has 2 aliphatic carbocycles. The van der Waals surface area contributed by atoms with Crippen LogP contribution in [0.5, 0.6) is 5.75 Å². The molecule has 2 atom stereocenters. The number of hydrogen-bond acceptors (Lipinski definition) is 2. The number of carbonyl (C=O) groups excluding carboxylic acids is 1. The highest BCUT2D eigenvalue weighted by Gasteiger charge is 2.37. The fourth-order valence-corrected chi connectivity index (χ4v) is 3.06. The van der Waals surface area contributed by atoms with Gasteiger partial charge < -0.3 is 4.74 Å². The van der Waals surface area contributed by atoms with Gasteiger partial charge in [0.1, 0.15) is 5.75 Å². The molecule has 0 N–H and O–H groups in total. The third kappa shape index (κ3) is 1.70. The van der Waals surface area contributed by atoms with Gasteiger partial charge in [0.15, 0.2) is 0 Å². The van der Waals surface area contributed by atoms with Gasteiger partial charge in [-0.05, 0) is 24.1 Å². The number of halogens is 2. The molecule has 94 valence electrons. The van der Waals surface area contributed by atoms with Crippen LogP contribution in [0.3, 0.4) is 0 Å². The molecular weight excluding hydrogens is 273 g/mol. The summed E-state index contributed by atoms with van der Waals surface area (Å²) in [5, 5.41) is 0.737. The molecule has 3 nitrogen and oxygen atoms in total. The van der Waals surface area contributed by atoms with Gasteiger partial charge in [0, 0.05) is 41.2 Å². The Labute approximate surface area is 115 Å². The van der Waals surface area contributed by atoms with Crippen molar-refractivity contribution in [2.24, 2.45) is 0 Å². The van der Waals surface area contributed by atoms with Crippen LogP contribution in [0.1, 0.15) is 29.4 Å². The number of carbonyl (C=O) groups is 1. The average molecular weight is 284 g/mol. The largest absolute Gasteiger partial charge is 0.429 e. The number of fused-ring (bicyclic) bond motifs is 5. The maximum Gasteiger partial charge on any atom is 0.429 e. The molecular formula is C13H11Cl2NO2. The van der Waals surface area contributed by atoms with Gasteiger partial charge >= 0.3 is 6.09 Å². The van der Waals surface area contributed by atoms with Crippen molar-refractivity contribution in [3.05, 3.63) is 40.4 Å². The maximum atomic E-state index is 11.5. The molecule has 0 saturated carbocycles. The average Bonchev–Trinajstić information content (AvgIpc) is 2.93. The molecule has 0 aromatic heterocycles. The maximum absolute atomic E-state index is 11.5. The van der Waals surface area contributed by atoms with Crippen molar-refractivity contribution in [1.29, 1.82) is 0 Å². The number of ether oxygens (including phenoxy) is 1.